The molecule has 0 aliphatic carbocycles. The van der Waals surface area contributed by atoms with Gasteiger partial charge in [-0.05, 0) is 44.5 Å². The first-order valence-electron chi connectivity index (χ1n) is 9.27. The van der Waals surface area contributed by atoms with Crippen LogP contribution in [0.25, 0.3) is 0 Å². The molecule has 138 valence electrons. The summed E-state index contributed by atoms with van der Waals surface area (Å²) in [6.07, 6.45) is 1.31. The van der Waals surface area contributed by atoms with Gasteiger partial charge in [0.15, 0.2) is 0 Å². The van der Waals surface area contributed by atoms with Gasteiger partial charge in [-0.2, -0.15) is 0 Å². The van der Waals surface area contributed by atoms with Crippen LogP contribution in [0.4, 0.5) is 10.1 Å². The van der Waals surface area contributed by atoms with Crippen LogP contribution in [0.3, 0.4) is 0 Å². The number of piperazine rings is 1. The number of likely N-dealkylation sites (N-methyl/N-ethyl adjacent to an activating group) is 1. The van der Waals surface area contributed by atoms with Crippen LogP contribution in [0.2, 0.25) is 0 Å². The van der Waals surface area contributed by atoms with E-state index in [1.165, 1.54) is 6.07 Å². The average Bonchev–Trinajstić information content (AvgIpc) is 3.16. The number of amides is 1. The highest BCUT2D eigenvalue weighted by Gasteiger charge is 2.27. The lowest BCUT2D eigenvalue weighted by molar-refractivity contribution is -0.130. The SMILES string of the molecule is CCN1CCN(c2ccc(F)cc2[C@H](C)NC(=O)[C@H]2CCCO2)CC1. The minimum atomic E-state index is -0.368. The van der Waals surface area contributed by atoms with E-state index < -0.39 is 0 Å². The van der Waals surface area contributed by atoms with E-state index in [-0.39, 0.29) is 23.9 Å². The molecule has 3 rings (SSSR count). The summed E-state index contributed by atoms with van der Waals surface area (Å²) in [4.78, 5) is 17.0. The molecule has 2 atom stereocenters. The molecule has 0 aromatic heterocycles. The molecule has 0 unspecified atom stereocenters. The van der Waals surface area contributed by atoms with Crippen LogP contribution >= 0.6 is 0 Å². The third kappa shape index (κ3) is 4.30. The molecule has 0 saturated carbocycles. The van der Waals surface area contributed by atoms with Gasteiger partial charge in [-0.15, -0.1) is 0 Å². The minimum Gasteiger partial charge on any atom is -0.369 e. The zero-order chi connectivity index (χ0) is 17.8. The topological polar surface area (TPSA) is 44.8 Å². The molecule has 0 spiro atoms. The summed E-state index contributed by atoms with van der Waals surface area (Å²) in [5, 5.41) is 3.00. The fourth-order valence-electron chi connectivity index (χ4n) is 3.63. The number of hydrogen-bond donors (Lipinski definition) is 1. The molecule has 25 heavy (non-hydrogen) atoms. The van der Waals surface area contributed by atoms with E-state index in [1.54, 1.807) is 6.07 Å². The van der Waals surface area contributed by atoms with Crippen molar-refractivity contribution in [1.29, 1.82) is 0 Å². The van der Waals surface area contributed by atoms with Crippen LogP contribution in [0.1, 0.15) is 38.3 Å². The second kappa shape index (κ2) is 8.15. The predicted octanol–water partition coefficient (Wildman–Crippen LogP) is 2.32. The molecule has 6 heteroatoms. The van der Waals surface area contributed by atoms with Crippen LogP contribution in [0, 0.1) is 5.82 Å². The molecule has 1 aromatic rings. The van der Waals surface area contributed by atoms with E-state index >= 15 is 0 Å². The Kier molecular flexibility index (Phi) is 5.91. The van der Waals surface area contributed by atoms with Gasteiger partial charge < -0.3 is 19.9 Å². The number of nitrogens with zero attached hydrogens (tertiary/aromatic N) is 2. The van der Waals surface area contributed by atoms with E-state index in [2.05, 4.69) is 22.0 Å². The first kappa shape index (κ1) is 18.1. The maximum absolute atomic E-state index is 13.9. The Morgan fingerprint density at radius 3 is 2.76 bits per heavy atom. The summed E-state index contributed by atoms with van der Waals surface area (Å²) in [7, 11) is 0. The van der Waals surface area contributed by atoms with E-state index in [9.17, 15) is 9.18 Å². The van der Waals surface area contributed by atoms with E-state index in [0.717, 1.165) is 56.8 Å². The maximum atomic E-state index is 13.9. The molecule has 2 fully saturated rings. The number of benzene rings is 1. The normalized spacial score (nSPS) is 22.8. The molecule has 0 bridgehead atoms. The van der Waals surface area contributed by atoms with Gasteiger partial charge in [0, 0.05) is 44.0 Å². The number of anilines is 1. The molecular weight excluding hydrogens is 321 g/mol. The van der Waals surface area contributed by atoms with Crippen LogP contribution in [-0.2, 0) is 9.53 Å². The molecule has 5 nitrogen and oxygen atoms in total. The molecule has 2 aliphatic heterocycles. The lowest BCUT2D eigenvalue weighted by Gasteiger charge is -2.37. The predicted molar refractivity (Wildman–Crippen MR) is 96.3 cm³/mol. The molecule has 1 aromatic carbocycles. The van der Waals surface area contributed by atoms with Crippen molar-refractivity contribution in [3.05, 3.63) is 29.6 Å². The largest absolute Gasteiger partial charge is 0.369 e. The third-order valence-corrected chi connectivity index (χ3v) is 5.20. The Morgan fingerprint density at radius 1 is 1.36 bits per heavy atom. The van der Waals surface area contributed by atoms with Crippen molar-refractivity contribution in [2.75, 3.05) is 44.2 Å². The van der Waals surface area contributed by atoms with Gasteiger partial charge in [0.05, 0.1) is 6.04 Å². The Bertz CT molecular complexity index is 596. The Hall–Kier alpha value is -1.66. The number of rotatable bonds is 5. The Balaban J connectivity index is 1.73. The standard InChI is InChI=1S/C19H28FN3O2/c1-3-22-8-10-23(11-9-22)17-7-6-15(20)13-16(17)14(2)21-19(24)18-5-4-12-25-18/h6-7,13-14,18H,3-5,8-12H2,1-2H3,(H,21,24)/t14-,18+/m0/s1. The van der Waals surface area contributed by atoms with Gasteiger partial charge in [0.2, 0.25) is 5.91 Å². The van der Waals surface area contributed by atoms with E-state index in [0.29, 0.717) is 6.61 Å². The molecular formula is C19H28FN3O2. The average molecular weight is 349 g/mol. The highest BCUT2D eigenvalue weighted by Crippen LogP contribution is 2.29. The molecule has 2 aliphatic rings. The number of carbonyl (C=O) groups excluding carboxylic acids is 1. The quantitative estimate of drug-likeness (QED) is 0.886. The van der Waals surface area contributed by atoms with Crippen molar-refractivity contribution < 1.29 is 13.9 Å². The monoisotopic (exact) mass is 349 g/mol. The second-order valence-corrected chi connectivity index (χ2v) is 6.86. The highest BCUT2D eigenvalue weighted by atomic mass is 19.1. The Labute approximate surface area is 149 Å². The first-order valence-corrected chi connectivity index (χ1v) is 9.27. The third-order valence-electron chi connectivity index (χ3n) is 5.20. The molecule has 2 saturated heterocycles. The summed E-state index contributed by atoms with van der Waals surface area (Å²) in [6, 6.07) is 4.62. The number of carbonyl (C=O) groups is 1. The number of nitrogens with one attached hydrogen (secondary N) is 1. The van der Waals surface area contributed by atoms with Gasteiger partial charge in [-0.25, -0.2) is 4.39 Å². The van der Waals surface area contributed by atoms with Crippen molar-refractivity contribution in [3.63, 3.8) is 0 Å². The van der Waals surface area contributed by atoms with Crippen molar-refractivity contribution in [2.45, 2.75) is 38.8 Å². The summed E-state index contributed by atoms with van der Waals surface area (Å²) in [5.41, 5.74) is 1.84. The van der Waals surface area contributed by atoms with Crippen molar-refractivity contribution in [2.24, 2.45) is 0 Å². The van der Waals surface area contributed by atoms with Crippen molar-refractivity contribution in [3.8, 4) is 0 Å². The number of halogens is 1. The molecule has 0 radical (unpaired) electrons. The van der Waals surface area contributed by atoms with Gasteiger partial charge in [-0.1, -0.05) is 6.92 Å². The van der Waals surface area contributed by atoms with Crippen LogP contribution in [-0.4, -0.2) is 56.2 Å². The van der Waals surface area contributed by atoms with Gasteiger partial charge >= 0.3 is 0 Å². The summed E-state index contributed by atoms with van der Waals surface area (Å²) >= 11 is 0. The lowest BCUT2D eigenvalue weighted by atomic mass is 10.0. The summed E-state index contributed by atoms with van der Waals surface area (Å²) in [6.45, 7) is 9.61. The fraction of sp³-hybridized carbons (Fsp3) is 0.632. The van der Waals surface area contributed by atoms with Gasteiger partial charge in [0.1, 0.15) is 11.9 Å². The number of hydrogen-bond acceptors (Lipinski definition) is 4. The van der Waals surface area contributed by atoms with E-state index in [4.69, 9.17) is 4.74 Å². The zero-order valence-corrected chi connectivity index (χ0v) is 15.1. The van der Waals surface area contributed by atoms with Crippen LogP contribution in [0.5, 0.6) is 0 Å². The van der Waals surface area contributed by atoms with Gasteiger partial charge in [0.25, 0.3) is 0 Å². The fourth-order valence-corrected chi connectivity index (χ4v) is 3.63. The van der Waals surface area contributed by atoms with Crippen LogP contribution in [0.15, 0.2) is 18.2 Å². The Morgan fingerprint density at radius 2 is 2.12 bits per heavy atom. The zero-order valence-electron chi connectivity index (χ0n) is 15.1. The molecule has 2 heterocycles. The van der Waals surface area contributed by atoms with E-state index in [1.807, 2.05) is 13.0 Å². The summed E-state index contributed by atoms with van der Waals surface area (Å²) < 4.78 is 19.3. The minimum absolute atomic E-state index is 0.101. The first-order chi connectivity index (χ1) is 12.1. The molecule has 1 N–H and O–H groups in total. The number of ether oxygens (including phenoxy) is 1. The van der Waals surface area contributed by atoms with Crippen molar-refractivity contribution in [1.82, 2.24) is 10.2 Å². The molecule has 1 amide bonds. The highest BCUT2D eigenvalue weighted by molar-refractivity contribution is 5.81. The summed E-state index contributed by atoms with van der Waals surface area (Å²) in [5.74, 6) is -0.375. The smallest absolute Gasteiger partial charge is 0.249 e. The maximum Gasteiger partial charge on any atom is 0.249 e. The van der Waals surface area contributed by atoms with Crippen LogP contribution < -0.4 is 10.2 Å². The second-order valence-electron chi connectivity index (χ2n) is 6.86. The van der Waals surface area contributed by atoms with Crippen molar-refractivity contribution >= 4 is 11.6 Å². The van der Waals surface area contributed by atoms with Gasteiger partial charge in [-0.3, -0.25) is 4.79 Å². The lowest BCUT2D eigenvalue weighted by Crippen LogP contribution is -2.46.